The minimum absolute atomic E-state index is 0.0930. The number of pyridine rings is 1. The van der Waals surface area contributed by atoms with Gasteiger partial charge in [-0.25, -0.2) is 0 Å². The number of hydrogen-bond donors (Lipinski definition) is 1. The molecule has 5 rings (SSSR count). The molecule has 0 saturated heterocycles. The van der Waals surface area contributed by atoms with E-state index in [2.05, 4.69) is 10.1 Å². The van der Waals surface area contributed by atoms with Crippen LogP contribution < -0.4 is 0 Å². The van der Waals surface area contributed by atoms with Gasteiger partial charge < -0.3 is 10.0 Å². The number of aliphatic hydroxyl groups excluding tert-OH is 1. The summed E-state index contributed by atoms with van der Waals surface area (Å²) >= 11 is 0. The molecule has 3 aromatic rings. The van der Waals surface area contributed by atoms with Gasteiger partial charge in [-0.2, -0.15) is 17.6 Å². The molecule has 1 fully saturated rings. The highest BCUT2D eigenvalue weighted by atomic mass is 32.2. The molecule has 1 aromatic carbocycles. The zero-order chi connectivity index (χ0) is 21.6. The third-order valence-electron chi connectivity index (χ3n) is 5.85. The number of aromatic nitrogens is 3. The molecule has 9 heteroatoms. The zero-order valence-corrected chi connectivity index (χ0v) is 17.6. The molecule has 1 atom stereocenters. The first-order chi connectivity index (χ1) is 15.0. The summed E-state index contributed by atoms with van der Waals surface area (Å²) in [6.45, 7) is 0.167. The number of nitrogens with zero attached hydrogens (tertiary/aromatic N) is 4. The van der Waals surface area contributed by atoms with Crippen molar-refractivity contribution in [2.45, 2.75) is 42.7 Å². The summed E-state index contributed by atoms with van der Waals surface area (Å²) in [5, 5.41) is 14.0. The van der Waals surface area contributed by atoms with Crippen LogP contribution in [0.4, 0.5) is 0 Å². The van der Waals surface area contributed by atoms with Crippen LogP contribution in [0.5, 0.6) is 0 Å². The van der Waals surface area contributed by atoms with Gasteiger partial charge in [0.15, 0.2) is 0 Å². The van der Waals surface area contributed by atoms with Crippen molar-refractivity contribution in [2.24, 2.45) is 0 Å². The number of aliphatic hydroxyl groups is 1. The van der Waals surface area contributed by atoms with E-state index in [4.69, 9.17) is 0 Å². The second-order valence-corrected chi connectivity index (χ2v) is 9.81. The van der Waals surface area contributed by atoms with Gasteiger partial charge in [0.25, 0.3) is 10.0 Å². The standard InChI is InChI=1S/C22H22N4O4S/c27-14-19(15-4-2-1-3-5-15)22(28)25-11-17-12-26(24-21(17)13-25)31(29,30)18-8-9-20(23-10-18)16-6-7-16/h1-5,8-10,12,16,19,27H,6-7,11,13-14H2/t19-/m1/s1. The molecule has 2 aromatic heterocycles. The second kappa shape index (κ2) is 7.58. The molecule has 0 unspecified atom stereocenters. The summed E-state index contributed by atoms with van der Waals surface area (Å²) in [5.74, 6) is -0.412. The van der Waals surface area contributed by atoms with Crippen LogP contribution in [-0.4, -0.2) is 45.1 Å². The van der Waals surface area contributed by atoms with Crippen LogP contribution in [0.2, 0.25) is 0 Å². The molecule has 1 amide bonds. The second-order valence-electron chi connectivity index (χ2n) is 8.01. The van der Waals surface area contributed by atoms with Crippen molar-refractivity contribution in [3.05, 3.63) is 77.4 Å². The van der Waals surface area contributed by atoms with E-state index in [-0.39, 0.29) is 30.5 Å². The summed E-state index contributed by atoms with van der Waals surface area (Å²) in [7, 11) is -3.84. The summed E-state index contributed by atoms with van der Waals surface area (Å²) in [6, 6.07) is 12.5. The summed E-state index contributed by atoms with van der Waals surface area (Å²) in [6.07, 6.45) is 5.05. The van der Waals surface area contributed by atoms with Crippen LogP contribution >= 0.6 is 0 Å². The van der Waals surface area contributed by atoms with E-state index in [0.29, 0.717) is 17.2 Å². The van der Waals surface area contributed by atoms with Crippen molar-refractivity contribution in [3.8, 4) is 0 Å². The molecule has 1 saturated carbocycles. The van der Waals surface area contributed by atoms with Crippen LogP contribution in [-0.2, 0) is 27.9 Å². The zero-order valence-electron chi connectivity index (χ0n) is 16.8. The largest absolute Gasteiger partial charge is 0.395 e. The molecular formula is C22H22N4O4S. The van der Waals surface area contributed by atoms with E-state index in [1.54, 1.807) is 17.0 Å². The smallest absolute Gasteiger partial charge is 0.284 e. The van der Waals surface area contributed by atoms with Crippen molar-refractivity contribution in [1.82, 2.24) is 19.1 Å². The Morgan fingerprint density at radius 3 is 2.52 bits per heavy atom. The monoisotopic (exact) mass is 438 g/mol. The molecule has 160 valence electrons. The summed E-state index contributed by atoms with van der Waals surface area (Å²) in [5.41, 5.74) is 2.90. The van der Waals surface area contributed by atoms with E-state index in [0.717, 1.165) is 28.2 Å². The SMILES string of the molecule is O=C([C@H](CO)c1ccccc1)N1Cc2cn(S(=O)(=O)c3ccc(C4CC4)nc3)nc2C1. The lowest BCUT2D eigenvalue weighted by Crippen LogP contribution is -2.33. The number of rotatable bonds is 6. The molecule has 31 heavy (non-hydrogen) atoms. The van der Waals surface area contributed by atoms with Crippen molar-refractivity contribution < 1.29 is 18.3 Å². The van der Waals surface area contributed by atoms with Gasteiger partial charge in [0.2, 0.25) is 5.91 Å². The van der Waals surface area contributed by atoms with Gasteiger partial charge in [0.05, 0.1) is 24.8 Å². The fourth-order valence-corrected chi connectivity index (χ4v) is 5.03. The molecular weight excluding hydrogens is 416 g/mol. The number of carbonyl (C=O) groups excluding carboxylic acids is 1. The minimum atomic E-state index is -3.84. The highest BCUT2D eigenvalue weighted by Crippen LogP contribution is 2.39. The lowest BCUT2D eigenvalue weighted by molar-refractivity contribution is -0.134. The van der Waals surface area contributed by atoms with Crippen molar-refractivity contribution >= 4 is 15.9 Å². The maximum atomic E-state index is 12.9. The molecule has 1 aliphatic carbocycles. The van der Waals surface area contributed by atoms with Crippen LogP contribution in [0.3, 0.4) is 0 Å². The minimum Gasteiger partial charge on any atom is -0.395 e. The lowest BCUT2D eigenvalue weighted by Gasteiger charge is -2.22. The van der Waals surface area contributed by atoms with Gasteiger partial charge in [-0.05, 0) is 30.5 Å². The number of benzene rings is 1. The van der Waals surface area contributed by atoms with E-state index in [1.165, 1.54) is 12.4 Å². The van der Waals surface area contributed by atoms with Crippen LogP contribution in [0, 0.1) is 0 Å². The molecule has 3 heterocycles. The average Bonchev–Trinajstić information content (AvgIpc) is 3.43. The van der Waals surface area contributed by atoms with E-state index in [1.807, 2.05) is 30.3 Å². The first-order valence-electron chi connectivity index (χ1n) is 10.2. The van der Waals surface area contributed by atoms with Crippen LogP contribution in [0.1, 0.15) is 47.2 Å². The van der Waals surface area contributed by atoms with Crippen molar-refractivity contribution in [1.29, 1.82) is 0 Å². The third-order valence-corrected chi connectivity index (χ3v) is 7.37. The van der Waals surface area contributed by atoms with E-state index >= 15 is 0 Å². The Bertz CT molecular complexity index is 1190. The van der Waals surface area contributed by atoms with Gasteiger partial charge >= 0.3 is 0 Å². The summed E-state index contributed by atoms with van der Waals surface area (Å²) < 4.78 is 26.8. The van der Waals surface area contributed by atoms with E-state index in [9.17, 15) is 18.3 Å². The van der Waals surface area contributed by atoms with Gasteiger partial charge in [0.1, 0.15) is 4.90 Å². The van der Waals surface area contributed by atoms with Gasteiger partial charge in [0, 0.05) is 36.1 Å². The van der Waals surface area contributed by atoms with Crippen molar-refractivity contribution in [3.63, 3.8) is 0 Å². The molecule has 0 spiro atoms. The molecule has 8 nitrogen and oxygen atoms in total. The topological polar surface area (TPSA) is 105 Å². The van der Waals surface area contributed by atoms with Crippen molar-refractivity contribution in [2.75, 3.05) is 6.61 Å². The predicted molar refractivity (Wildman–Crippen MR) is 112 cm³/mol. The van der Waals surface area contributed by atoms with E-state index < -0.39 is 15.9 Å². The number of fused-ring (bicyclic) bond motifs is 1. The molecule has 2 aliphatic rings. The fraction of sp³-hybridized carbons (Fsp3) is 0.318. The number of hydrogen-bond acceptors (Lipinski definition) is 6. The Balaban J connectivity index is 1.33. The Labute approximate surface area is 180 Å². The molecule has 1 N–H and O–H groups in total. The quantitative estimate of drug-likeness (QED) is 0.631. The first kappa shape index (κ1) is 19.9. The fourth-order valence-electron chi connectivity index (χ4n) is 3.91. The van der Waals surface area contributed by atoms with Crippen LogP contribution in [0.25, 0.3) is 0 Å². The van der Waals surface area contributed by atoms with Crippen LogP contribution in [0.15, 0.2) is 59.8 Å². The molecule has 1 aliphatic heterocycles. The first-order valence-corrected chi connectivity index (χ1v) is 11.6. The maximum Gasteiger partial charge on any atom is 0.284 e. The Morgan fingerprint density at radius 1 is 1.13 bits per heavy atom. The third kappa shape index (κ3) is 3.64. The van der Waals surface area contributed by atoms with Gasteiger partial charge in [-0.1, -0.05) is 30.3 Å². The number of amides is 1. The Kier molecular flexibility index (Phi) is 4.86. The molecule has 0 radical (unpaired) electrons. The molecule has 0 bridgehead atoms. The highest BCUT2D eigenvalue weighted by molar-refractivity contribution is 7.89. The summed E-state index contributed by atoms with van der Waals surface area (Å²) in [4.78, 5) is 18.9. The number of carbonyl (C=O) groups is 1. The Morgan fingerprint density at radius 2 is 1.90 bits per heavy atom. The van der Waals surface area contributed by atoms with Gasteiger partial charge in [-0.3, -0.25) is 9.78 Å². The normalized spacial score (nSPS) is 16.9. The Hall–Kier alpha value is -3.04. The highest BCUT2D eigenvalue weighted by Gasteiger charge is 2.33. The van der Waals surface area contributed by atoms with Gasteiger partial charge in [-0.15, -0.1) is 0 Å². The lowest BCUT2D eigenvalue weighted by atomic mass is 9.98. The predicted octanol–water partition coefficient (Wildman–Crippen LogP) is 2.01. The maximum absolute atomic E-state index is 12.9. The average molecular weight is 439 g/mol.